The molecule has 0 fully saturated rings. The average molecular weight is 257 g/mol. The van der Waals surface area contributed by atoms with E-state index in [-0.39, 0.29) is 17.1 Å². The fourth-order valence-electron chi connectivity index (χ4n) is 0. The Hall–Kier alpha value is 0.739. The van der Waals surface area contributed by atoms with Crippen molar-refractivity contribution < 1.29 is 55.6 Å². The normalized spacial score (nSPS) is 10.7. The van der Waals surface area contributed by atoms with Gasteiger partial charge in [0.05, 0.1) is 0 Å². The van der Waals surface area contributed by atoms with Crippen LogP contribution in [-0.2, 0) is 26.2 Å². The van der Waals surface area contributed by atoms with Crippen LogP contribution in [0, 0.1) is 0 Å². The Morgan fingerprint density at radius 1 is 0.909 bits per heavy atom. The predicted molar refractivity (Wildman–Crippen MR) is 21.9 cm³/mol. The molecule has 0 aromatic rings. The summed E-state index contributed by atoms with van der Waals surface area (Å²) in [4.78, 5) is 47.2. The van der Waals surface area contributed by atoms with Crippen molar-refractivity contribution >= 4 is 15.6 Å². The van der Waals surface area contributed by atoms with Crippen LogP contribution in [0.15, 0.2) is 0 Å². The van der Waals surface area contributed by atoms with E-state index >= 15 is 0 Å². The van der Waals surface area contributed by atoms with E-state index in [2.05, 4.69) is 0 Å². The molecule has 0 atom stereocenters. The first kappa shape index (κ1) is 17.7. The SMILES string of the molecule is O=P(O)(O)O.O=P([O-])([O-])[O-].[Cu]. The molecule has 3 N–H and O–H groups in total. The maximum Gasteiger partial charge on any atom is 0.466 e. The Balaban J connectivity index is -0.000000107. The third-order valence-electron chi connectivity index (χ3n) is 0. The van der Waals surface area contributed by atoms with Gasteiger partial charge in [-0.25, -0.2) is 4.57 Å². The van der Waals surface area contributed by atoms with Gasteiger partial charge in [0.1, 0.15) is 0 Å². The second kappa shape index (κ2) is 6.28. The van der Waals surface area contributed by atoms with Gasteiger partial charge in [-0.15, -0.1) is 0 Å². The molecule has 0 spiro atoms. The zero-order valence-electron chi connectivity index (χ0n) is 4.58. The van der Waals surface area contributed by atoms with Gasteiger partial charge in [0.15, 0.2) is 0 Å². The minimum atomic E-state index is -5.39. The number of hydrogen-bond donors (Lipinski definition) is 3. The van der Waals surface area contributed by atoms with E-state index in [1.165, 1.54) is 0 Å². The molecule has 0 rings (SSSR count). The monoisotopic (exact) mass is 256 g/mol. The second-order valence-corrected chi connectivity index (χ2v) is 2.88. The number of rotatable bonds is 0. The Morgan fingerprint density at radius 3 is 0.909 bits per heavy atom. The molecule has 8 nitrogen and oxygen atoms in total. The van der Waals surface area contributed by atoms with Crippen molar-refractivity contribution in [2.24, 2.45) is 0 Å². The molecular weight excluding hydrogens is 253 g/mol. The van der Waals surface area contributed by atoms with Crippen molar-refractivity contribution in [2.75, 3.05) is 0 Å². The average Bonchev–Trinajstić information content (AvgIpc) is 1.12. The van der Waals surface area contributed by atoms with Crippen LogP contribution >= 0.6 is 15.6 Å². The van der Waals surface area contributed by atoms with E-state index < -0.39 is 15.6 Å². The fourth-order valence-corrected chi connectivity index (χ4v) is 0. The van der Waals surface area contributed by atoms with Crippen molar-refractivity contribution in [1.82, 2.24) is 0 Å². The van der Waals surface area contributed by atoms with Crippen molar-refractivity contribution in [3.63, 3.8) is 0 Å². The number of phosphoric acid groups is 2. The summed E-state index contributed by atoms with van der Waals surface area (Å²) >= 11 is 0. The van der Waals surface area contributed by atoms with E-state index in [4.69, 9.17) is 38.5 Å². The minimum absolute atomic E-state index is 0. The summed E-state index contributed by atoms with van der Waals surface area (Å²) in [5.41, 5.74) is 0. The molecule has 0 aliphatic heterocycles. The van der Waals surface area contributed by atoms with Crippen LogP contribution in [0.4, 0.5) is 0 Å². The molecule has 0 aliphatic rings. The summed E-state index contributed by atoms with van der Waals surface area (Å²) in [6, 6.07) is 0. The van der Waals surface area contributed by atoms with E-state index in [1.54, 1.807) is 0 Å². The molecule has 0 amide bonds. The molecule has 0 aromatic heterocycles. The largest absolute Gasteiger partial charge is 0.822 e. The summed E-state index contributed by atoms with van der Waals surface area (Å²) in [6.45, 7) is 0. The molecule has 0 unspecified atom stereocenters. The van der Waals surface area contributed by atoms with Gasteiger partial charge in [-0.05, 0) is 0 Å². The third kappa shape index (κ3) is 1500. The van der Waals surface area contributed by atoms with Gasteiger partial charge in [-0.1, -0.05) is 0 Å². The Labute approximate surface area is 71.8 Å². The van der Waals surface area contributed by atoms with Crippen LogP contribution in [0.5, 0.6) is 0 Å². The molecule has 0 saturated heterocycles. The maximum absolute atomic E-state index is 8.88. The Morgan fingerprint density at radius 2 is 0.909 bits per heavy atom. The second-order valence-electron chi connectivity index (χ2n) is 0.960. The van der Waals surface area contributed by atoms with Gasteiger partial charge >= 0.3 is 7.82 Å². The van der Waals surface area contributed by atoms with Crippen molar-refractivity contribution in [2.45, 2.75) is 0 Å². The van der Waals surface area contributed by atoms with Crippen LogP contribution in [0.3, 0.4) is 0 Å². The zero-order valence-corrected chi connectivity index (χ0v) is 7.31. The van der Waals surface area contributed by atoms with Crippen LogP contribution < -0.4 is 14.7 Å². The van der Waals surface area contributed by atoms with Crippen LogP contribution in [-0.4, -0.2) is 14.7 Å². The molecular formula is H3CuO8P2-3. The topological polar surface area (TPSA) is 164 Å². The van der Waals surface area contributed by atoms with Crippen molar-refractivity contribution in [1.29, 1.82) is 0 Å². The molecule has 11 heteroatoms. The summed E-state index contributed by atoms with van der Waals surface area (Å²) in [6.07, 6.45) is 0. The summed E-state index contributed by atoms with van der Waals surface area (Å²) in [5.74, 6) is 0. The molecule has 0 heterocycles. The van der Waals surface area contributed by atoms with Gasteiger partial charge in [0.2, 0.25) is 0 Å². The molecule has 0 aromatic carbocycles. The summed E-state index contributed by atoms with van der Waals surface area (Å²) in [5, 5.41) is 0. The fraction of sp³-hybridized carbons (Fsp3) is 0. The summed E-state index contributed by atoms with van der Waals surface area (Å²) < 4.78 is 17.4. The van der Waals surface area contributed by atoms with Crippen molar-refractivity contribution in [3.8, 4) is 0 Å². The zero-order chi connectivity index (χ0) is 9.00. The first-order valence-corrected chi connectivity index (χ1v) is 4.54. The van der Waals surface area contributed by atoms with Gasteiger partial charge in [-0.2, -0.15) is 7.82 Å². The molecule has 11 heavy (non-hydrogen) atoms. The Kier molecular flexibility index (Phi) is 10.1. The molecule has 0 saturated carbocycles. The summed E-state index contributed by atoms with van der Waals surface area (Å²) in [7, 11) is -10.0. The van der Waals surface area contributed by atoms with Crippen molar-refractivity contribution in [3.05, 3.63) is 0 Å². The molecule has 0 aliphatic carbocycles. The van der Waals surface area contributed by atoms with Gasteiger partial charge in [-0.3, -0.25) is 0 Å². The first-order chi connectivity index (χ1) is 4.00. The van der Waals surface area contributed by atoms with E-state index in [0.29, 0.717) is 0 Å². The van der Waals surface area contributed by atoms with Crippen LogP contribution in [0.25, 0.3) is 0 Å². The maximum atomic E-state index is 8.88. The van der Waals surface area contributed by atoms with Crippen LogP contribution in [0.2, 0.25) is 0 Å². The van der Waals surface area contributed by atoms with Gasteiger partial charge < -0.3 is 33.9 Å². The standard InChI is InChI=1S/Cu.2H3O4P/c;2*1-5(2,3)4/h;2*(H3,1,2,3,4)/p-3. The van der Waals surface area contributed by atoms with E-state index in [9.17, 15) is 0 Å². The predicted octanol–water partition coefficient (Wildman–Crippen LogP) is -3.76. The van der Waals surface area contributed by atoms with E-state index in [0.717, 1.165) is 0 Å². The van der Waals surface area contributed by atoms with Gasteiger partial charge in [0, 0.05) is 17.1 Å². The quantitative estimate of drug-likeness (QED) is 0.294. The van der Waals surface area contributed by atoms with E-state index in [1.807, 2.05) is 0 Å². The van der Waals surface area contributed by atoms with Gasteiger partial charge in [0.25, 0.3) is 0 Å². The first-order valence-electron chi connectivity index (χ1n) is 1.51. The smallest absolute Gasteiger partial charge is 0.466 e. The molecule has 1 radical (unpaired) electrons. The number of hydrogen-bond acceptors (Lipinski definition) is 5. The minimum Gasteiger partial charge on any atom is -0.822 e. The van der Waals surface area contributed by atoms with Crippen LogP contribution in [0.1, 0.15) is 0 Å². The Bertz CT molecular complexity index is 124. The molecule has 0 bridgehead atoms. The molecule has 75 valence electrons. The third-order valence-corrected chi connectivity index (χ3v) is 0.